The maximum absolute atomic E-state index is 13.1. The number of halogens is 2. The van der Waals surface area contributed by atoms with Gasteiger partial charge in [-0.2, -0.15) is 0 Å². The minimum atomic E-state index is -1.02. The van der Waals surface area contributed by atoms with Gasteiger partial charge in [-0.1, -0.05) is 0 Å². The molecule has 0 radical (unpaired) electrons. The topological polar surface area (TPSA) is 59.6 Å². The van der Waals surface area contributed by atoms with Gasteiger partial charge in [0.2, 0.25) is 5.91 Å². The highest BCUT2D eigenvalue weighted by Crippen LogP contribution is 2.32. The summed E-state index contributed by atoms with van der Waals surface area (Å²) in [5.74, 6) is -1.25. The first-order chi connectivity index (χ1) is 11.4. The van der Waals surface area contributed by atoms with Gasteiger partial charge in [0.1, 0.15) is 0 Å². The molecule has 0 aliphatic rings. The van der Waals surface area contributed by atoms with Crippen molar-refractivity contribution in [2.24, 2.45) is 0 Å². The number of carbonyl (C=O) groups is 1. The molecule has 2 N–H and O–H groups in total. The summed E-state index contributed by atoms with van der Waals surface area (Å²) < 4.78 is 36.4. The molecular formula is C17H18F2N2O3. The second-order valence-corrected chi connectivity index (χ2v) is 5.05. The van der Waals surface area contributed by atoms with Gasteiger partial charge in [0.25, 0.3) is 0 Å². The minimum absolute atomic E-state index is 0.0463. The van der Waals surface area contributed by atoms with Gasteiger partial charge in [-0.15, -0.1) is 0 Å². The molecule has 7 heteroatoms. The fourth-order valence-electron chi connectivity index (χ4n) is 2.13. The average molecular weight is 336 g/mol. The first-order valence-electron chi connectivity index (χ1n) is 7.16. The van der Waals surface area contributed by atoms with Crippen molar-refractivity contribution in [3.63, 3.8) is 0 Å². The number of hydrogen-bond donors (Lipinski definition) is 2. The summed E-state index contributed by atoms with van der Waals surface area (Å²) in [7, 11) is 3.06. The summed E-state index contributed by atoms with van der Waals surface area (Å²) in [6, 6.07) is 6.68. The van der Waals surface area contributed by atoms with E-state index in [2.05, 4.69) is 10.6 Å². The van der Waals surface area contributed by atoms with Crippen LogP contribution in [0.3, 0.4) is 0 Å². The lowest BCUT2D eigenvalue weighted by Crippen LogP contribution is -2.22. The highest BCUT2D eigenvalue weighted by molar-refractivity contribution is 5.93. The van der Waals surface area contributed by atoms with Crippen molar-refractivity contribution < 1.29 is 23.0 Å². The van der Waals surface area contributed by atoms with Crippen molar-refractivity contribution in [2.45, 2.75) is 6.92 Å². The molecule has 2 aromatic carbocycles. The Labute approximate surface area is 138 Å². The van der Waals surface area contributed by atoms with Gasteiger partial charge in [-0.25, -0.2) is 8.78 Å². The van der Waals surface area contributed by atoms with Gasteiger partial charge in [-0.3, -0.25) is 4.79 Å². The number of rotatable bonds is 6. The monoisotopic (exact) mass is 336 g/mol. The average Bonchev–Trinajstić information content (AvgIpc) is 2.56. The molecule has 0 bridgehead atoms. The Morgan fingerprint density at radius 3 is 2.33 bits per heavy atom. The second-order valence-electron chi connectivity index (χ2n) is 5.05. The molecule has 1 amide bonds. The van der Waals surface area contributed by atoms with E-state index in [0.717, 1.165) is 17.7 Å². The van der Waals surface area contributed by atoms with Crippen molar-refractivity contribution in [3.05, 3.63) is 47.5 Å². The van der Waals surface area contributed by atoms with E-state index >= 15 is 0 Å². The SMILES string of the molecule is COc1cc(C)c(NCC(=O)Nc2ccc(F)c(F)c2)cc1OC. The van der Waals surface area contributed by atoms with E-state index in [0.29, 0.717) is 17.2 Å². The molecule has 0 spiro atoms. The van der Waals surface area contributed by atoms with E-state index in [-0.39, 0.29) is 12.2 Å². The van der Waals surface area contributed by atoms with E-state index in [4.69, 9.17) is 9.47 Å². The number of amides is 1. The number of aryl methyl sites for hydroxylation is 1. The maximum Gasteiger partial charge on any atom is 0.243 e. The van der Waals surface area contributed by atoms with E-state index in [9.17, 15) is 13.6 Å². The number of nitrogens with one attached hydrogen (secondary N) is 2. The largest absolute Gasteiger partial charge is 0.493 e. The van der Waals surface area contributed by atoms with Crippen LogP contribution in [0.25, 0.3) is 0 Å². The number of methoxy groups -OCH3 is 2. The molecule has 0 aromatic heterocycles. The zero-order chi connectivity index (χ0) is 17.7. The van der Waals surface area contributed by atoms with Gasteiger partial charge >= 0.3 is 0 Å². The van der Waals surface area contributed by atoms with Crippen LogP contribution in [0.2, 0.25) is 0 Å². The van der Waals surface area contributed by atoms with Crippen LogP contribution >= 0.6 is 0 Å². The first kappa shape index (κ1) is 17.5. The summed E-state index contributed by atoms with van der Waals surface area (Å²) in [6.07, 6.45) is 0. The predicted molar refractivity (Wildman–Crippen MR) is 87.8 cm³/mol. The molecule has 0 heterocycles. The Morgan fingerprint density at radius 1 is 1.04 bits per heavy atom. The fraction of sp³-hybridized carbons (Fsp3) is 0.235. The van der Waals surface area contributed by atoms with Gasteiger partial charge in [0.15, 0.2) is 23.1 Å². The quantitative estimate of drug-likeness (QED) is 0.849. The van der Waals surface area contributed by atoms with Crippen LogP contribution in [0.5, 0.6) is 11.5 Å². The van der Waals surface area contributed by atoms with Crippen molar-refractivity contribution in [3.8, 4) is 11.5 Å². The van der Waals surface area contributed by atoms with Crippen molar-refractivity contribution >= 4 is 17.3 Å². The molecule has 128 valence electrons. The van der Waals surface area contributed by atoms with Crippen molar-refractivity contribution in [1.29, 1.82) is 0 Å². The molecule has 0 fully saturated rings. The molecular weight excluding hydrogens is 318 g/mol. The van der Waals surface area contributed by atoms with E-state index in [1.807, 2.05) is 6.92 Å². The highest BCUT2D eigenvalue weighted by Gasteiger charge is 2.10. The molecule has 0 saturated carbocycles. The Bertz CT molecular complexity index is 751. The van der Waals surface area contributed by atoms with Gasteiger partial charge < -0.3 is 20.1 Å². The fourth-order valence-corrected chi connectivity index (χ4v) is 2.13. The third kappa shape index (κ3) is 4.13. The highest BCUT2D eigenvalue weighted by atomic mass is 19.2. The summed E-state index contributed by atoms with van der Waals surface area (Å²) in [5, 5.41) is 5.46. The smallest absolute Gasteiger partial charge is 0.243 e. The number of ether oxygens (including phenoxy) is 2. The van der Waals surface area contributed by atoms with Crippen LogP contribution in [0.1, 0.15) is 5.56 Å². The lowest BCUT2D eigenvalue weighted by molar-refractivity contribution is -0.114. The van der Waals surface area contributed by atoms with Crippen LogP contribution in [-0.4, -0.2) is 26.7 Å². The van der Waals surface area contributed by atoms with Crippen molar-refractivity contribution in [1.82, 2.24) is 0 Å². The standard InChI is InChI=1S/C17H18F2N2O3/c1-10-6-15(23-2)16(24-3)8-14(10)20-9-17(22)21-11-4-5-12(18)13(19)7-11/h4-8,20H,9H2,1-3H3,(H,21,22). The Hall–Kier alpha value is -2.83. The summed E-state index contributed by atoms with van der Waals surface area (Å²) in [6.45, 7) is 1.81. The van der Waals surface area contributed by atoms with Crippen molar-refractivity contribution in [2.75, 3.05) is 31.4 Å². The number of hydrogen-bond acceptors (Lipinski definition) is 4. The normalized spacial score (nSPS) is 10.2. The number of anilines is 2. The zero-order valence-electron chi connectivity index (χ0n) is 13.6. The predicted octanol–water partition coefficient (Wildman–Crippen LogP) is 3.34. The Morgan fingerprint density at radius 2 is 1.71 bits per heavy atom. The first-order valence-corrected chi connectivity index (χ1v) is 7.16. The summed E-state index contributed by atoms with van der Waals surface area (Å²) in [4.78, 5) is 11.9. The number of benzene rings is 2. The van der Waals surface area contributed by atoms with Crippen LogP contribution in [-0.2, 0) is 4.79 Å². The van der Waals surface area contributed by atoms with Crippen LogP contribution in [0.4, 0.5) is 20.2 Å². The molecule has 2 aromatic rings. The van der Waals surface area contributed by atoms with E-state index < -0.39 is 17.5 Å². The number of carbonyl (C=O) groups excluding carboxylic acids is 1. The minimum Gasteiger partial charge on any atom is -0.493 e. The van der Waals surface area contributed by atoms with Crippen LogP contribution < -0.4 is 20.1 Å². The molecule has 0 aliphatic heterocycles. The lowest BCUT2D eigenvalue weighted by Gasteiger charge is -2.14. The van der Waals surface area contributed by atoms with Gasteiger partial charge in [0, 0.05) is 23.5 Å². The molecule has 5 nitrogen and oxygen atoms in total. The molecule has 0 atom stereocenters. The zero-order valence-corrected chi connectivity index (χ0v) is 13.6. The van der Waals surface area contributed by atoms with Crippen LogP contribution in [0, 0.1) is 18.6 Å². The third-order valence-corrected chi connectivity index (χ3v) is 3.37. The molecule has 0 unspecified atom stereocenters. The molecule has 0 saturated heterocycles. The summed E-state index contributed by atoms with van der Waals surface area (Å²) >= 11 is 0. The lowest BCUT2D eigenvalue weighted by atomic mass is 10.1. The van der Waals surface area contributed by atoms with Gasteiger partial charge in [-0.05, 0) is 30.7 Å². The third-order valence-electron chi connectivity index (χ3n) is 3.37. The Balaban J connectivity index is 2.02. The molecule has 24 heavy (non-hydrogen) atoms. The summed E-state index contributed by atoms with van der Waals surface area (Å²) in [5.41, 5.74) is 1.76. The Kier molecular flexibility index (Phi) is 5.57. The second kappa shape index (κ2) is 7.63. The molecule has 0 aliphatic carbocycles. The van der Waals surface area contributed by atoms with E-state index in [1.54, 1.807) is 19.2 Å². The van der Waals surface area contributed by atoms with E-state index in [1.165, 1.54) is 13.2 Å². The maximum atomic E-state index is 13.1. The molecule has 2 rings (SSSR count). The van der Waals surface area contributed by atoms with Crippen LogP contribution in [0.15, 0.2) is 30.3 Å². The van der Waals surface area contributed by atoms with Gasteiger partial charge in [0.05, 0.1) is 20.8 Å².